The smallest absolute Gasteiger partial charge is 0.293 e. The monoisotopic (exact) mass is 294 g/mol. The molecule has 1 aromatic rings. The standard InChI is InChI=1S/C9H9BrF2N2O2/c1-13(5-9(11)12)7-3-2-6(10)4-8(7)14(15)16/h2-4,9H,5H2,1H3. The lowest BCUT2D eigenvalue weighted by Crippen LogP contribution is -2.24. The van der Waals surface area contributed by atoms with Crippen LogP contribution in [0.1, 0.15) is 0 Å². The average molecular weight is 295 g/mol. The molecule has 1 rings (SSSR count). The van der Waals surface area contributed by atoms with Gasteiger partial charge in [0.2, 0.25) is 0 Å². The van der Waals surface area contributed by atoms with E-state index in [1.807, 2.05) is 0 Å². The minimum atomic E-state index is -2.53. The van der Waals surface area contributed by atoms with E-state index >= 15 is 0 Å². The van der Waals surface area contributed by atoms with Crippen molar-refractivity contribution in [3.63, 3.8) is 0 Å². The van der Waals surface area contributed by atoms with Gasteiger partial charge in [0.15, 0.2) is 0 Å². The molecule has 4 nitrogen and oxygen atoms in total. The van der Waals surface area contributed by atoms with Gasteiger partial charge in [-0.3, -0.25) is 10.1 Å². The van der Waals surface area contributed by atoms with Gasteiger partial charge in [-0.1, -0.05) is 15.9 Å². The first-order valence-electron chi connectivity index (χ1n) is 4.35. The molecular formula is C9H9BrF2N2O2. The molecule has 0 saturated heterocycles. The number of anilines is 1. The van der Waals surface area contributed by atoms with Gasteiger partial charge in [-0.2, -0.15) is 0 Å². The summed E-state index contributed by atoms with van der Waals surface area (Å²) in [5.41, 5.74) is -0.0222. The molecule has 0 fully saturated rings. The minimum Gasteiger partial charge on any atom is -0.363 e. The Morgan fingerprint density at radius 2 is 2.19 bits per heavy atom. The van der Waals surface area contributed by atoms with Crippen LogP contribution in [0, 0.1) is 10.1 Å². The van der Waals surface area contributed by atoms with E-state index in [2.05, 4.69) is 15.9 Å². The summed E-state index contributed by atoms with van der Waals surface area (Å²) in [5.74, 6) is 0. The number of rotatable bonds is 4. The zero-order chi connectivity index (χ0) is 12.3. The van der Waals surface area contributed by atoms with Crippen molar-refractivity contribution in [3.8, 4) is 0 Å². The summed E-state index contributed by atoms with van der Waals surface area (Å²) in [7, 11) is 1.39. The van der Waals surface area contributed by atoms with Crippen LogP contribution in [0.5, 0.6) is 0 Å². The molecule has 0 amide bonds. The van der Waals surface area contributed by atoms with Gasteiger partial charge in [0.05, 0.1) is 11.5 Å². The SMILES string of the molecule is CN(CC(F)F)c1ccc(Br)cc1[N+](=O)[O-]. The Morgan fingerprint density at radius 1 is 1.56 bits per heavy atom. The molecule has 0 aliphatic heterocycles. The van der Waals surface area contributed by atoms with Gasteiger partial charge in [-0.15, -0.1) is 0 Å². The number of hydrogen-bond acceptors (Lipinski definition) is 3. The van der Waals surface area contributed by atoms with Crippen LogP contribution in [-0.2, 0) is 0 Å². The van der Waals surface area contributed by atoms with E-state index in [4.69, 9.17) is 0 Å². The summed E-state index contributed by atoms with van der Waals surface area (Å²) in [4.78, 5) is 11.3. The Labute approximate surface area is 99.1 Å². The van der Waals surface area contributed by atoms with Crippen molar-refractivity contribution in [2.24, 2.45) is 0 Å². The molecule has 1 aromatic carbocycles. The molecule has 0 spiro atoms. The van der Waals surface area contributed by atoms with Crippen LogP contribution in [0.3, 0.4) is 0 Å². The number of alkyl halides is 2. The maximum absolute atomic E-state index is 12.2. The predicted octanol–water partition coefficient (Wildman–Crippen LogP) is 3.06. The second kappa shape index (κ2) is 5.20. The third-order valence-corrected chi connectivity index (χ3v) is 2.45. The highest BCUT2D eigenvalue weighted by Gasteiger charge is 2.19. The normalized spacial score (nSPS) is 10.6. The quantitative estimate of drug-likeness (QED) is 0.633. The second-order valence-electron chi connectivity index (χ2n) is 3.16. The van der Waals surface area contributed by atoms with Crippen molar-refractivity contribution < 1.29 is 13.7 Å². The van der Waals surface area contributed by atoms with E-state index in [1.165, 1.54) is 19.2 Å². The minimum absolute atomic E-state index is 0.175. The van der Waals surface area contributed by atoms with Crippen LogP contribution in [0.2, 0.25) is 0 Å². The van der Waals surface area contributed by atoms with E-state index in [9.17, 15) is 18.9 Å². The van der Waals surface area contributed by atoms with Crippen molar-refractivity contribution in [1.29, 1.82) is 0 Å². The molecule has 0 atom stereocenters. The number of nitro benzene ring substituents is 1. The first-order valence-corrected chi connectivity index (χ1v) is 5.14. The largest absolute Gasteiger partial charge is 0.363 e. The summed E-state index contributed by atoms with van der Waals surface area (Å²) in [6, 6.07) is 4.30. The maximum Gasteiger partial charge on any atom is 0.293 e. The predicted molar refractivity (Wildman–Crippen MR) is 60.1 cm³/mol. The van der Waals surface area contributed by atoms with Crippen LogP contribution in [0.25, 0.3) is 0 Å². The molecule has 16 heavy (non-hydrogen) atoms. The maximum atomic E-state index is 12.2. The van der Waals surface area contributed by atoms with Gasteiger partial charge in [-0.05, 0) is 12.1 Å². The molecule has 88 valence electrons. The van der Waals surface area contributed by atoms with Gasteiger partial charge < -0.3 is 4.90 Å². The van der Waals surface area contributed by atoms with E-state index in [-0.39, 0.29) is 11.4 Å². The molecule has 0 aromatic heterocycles. The number of nitro groups is 1. The zero-order valence-corrected chi connectivity index (χ0v) is 9.95. The number of benzene rings is 1. The third-order valence-electron chi connectivity index (χ3n) is 1.96. The van der Waals surface area contributed by atoms with Gasteiger partial charge in [0.25, 0.3) is 12.1 Å². The molecule has 0 N–H and O–H groups in total. The fourth-order valence-corrected chi connectivity index (χ4v) is 1.62. The second-order valence-corrected chi connectivity index (χ2v) is 4.08. The third kappa shape index (κ3) is 3.13. The van der Waals surface area contributed by atoms with Gasteiger partial charge >= 0.3 is 0 Å². The molecule has 0 aliphatic rings. The first-order chi connectivity index (χ1) is 7.41. The summed E-state index contributed by atoms with van der Waals surface area (Å²) >= 11 is 3.09. The van der Waals surface area contributed by atoms with Crippen molar-refractivity contribution in [1.82, 2.24) is 0 Å². The van der Waals surface area contributed by atoms with Crippen LogP contribution in [0.4, 0.5) is 20.2 Å². The summed E-state index contributed by atoms with van der Waals surface area (Å²) in [5, 5.41) is 10.7. The summed E-state index contributed by atoms with van der Waals surface area (Å²) in [6.07, 6.45) is -2.53. The van der Waals surface area contributed by atoms with E-state index < -0.39 is 17.9 Å². The fraction of sp³-hybridized carbons (Fsp3) is 0.333. The molecule has 7 heteroatoms. The zero-order valence-electron chi connectivity index (χ0n) is 8.36. The highest BCUT2D eigenvalue weighted by atomic mass is 79.9. The van der Waals surface area contributed by atoms with Gasteiger partial charge in [-0.25, -0.2) is 8.78 Å². The highest BCUT2D eigenvalue weighted by molar-refractivity contribution is 9.10. The molecule has 0 radical (unpaired) electrons. The number of nitrogens with zero attached hydrogens (tertiary/aromatic N) is 2. The Morgan fingerprint density at radius 3 is 2.69 bits per heavy atom. The van der Waals surface area contributed by atoms with Crippen molar-refractivity contribution >= 4 is 27.3 Å². The highest BCUT2D eigenvalue weighted by Crippen LogP contribution is 2.30. The van der Waals surface area contributed by atoms with Crippen LogP contribution in [0.15, 0.2) is 22.7 Å². The van der Waals surface area contributed by atoms with Crippen LogP contribution >= 0.6 is 15.9 Å². The summed E-state index contributed by atoms with van der Waals surface area (Å²) < 4.78 is 24.9. The van der Waals surface area contributed by atoms with E-state index in [0.717, 1.165) is 4.90 Å². The van der Waals surface area contributed by atoms with Crippen molar-refractivity contribution in [2.75, 3.05) is 18.5 Å². The molecule has 0 unspecified atom stereocenters. The van der Waals surface area contributed by atoms with Crippen molar-refractivity contribution in [2.45, 2.75) is 6.43 Å². The molecular weight excluding hydrogens is 286 g/mol. The summed E-state index contributed by atoms with van der Waals surface area (Å²) in [6.45, 7) is -0.539. The Kier molecular flexibility index (Phi) is 4.17. The first kappa shape index (κ1) is 12.8. The molecule has 0 bridgehead atoms. The van der Waals surface area contributed by atoms with Gasteiger partial charge in [0.1, 0.15) is 5.69 Å². The van der Waals surface area contributed by atoms with Crippen molar-refractivity contribution in [3.05, 3.63) is 32.8 Å². The van der Waals surface area contributed by atoms with Gasteiger partial charge in [0, 0.05) is 17.6 Å². The van der Waals surface area contributed by atoms with E-state index in [0.29, 0.717) is 4.47 Å². The Hall–Kier alpha value is -1.24. The van der Waals surface area contributed by atoms with Crippen LogP contribution < -0.4 is 4.90 Å². The number of halogens is 3. The lowest BCUT2D eigenvalue weighted by Gasteiger charge is -2.18. The molecule has 0 saturated carbocycles. The topological polar surface area (TPSA) is 46.4 Å². The molecule has 0 aliphatic carbocycles. The lowest BCUT2D eigenvalue weighted by atomic mass is 10.2. The molecule has 0 heterocycles. The van der Waals surface area contributed by atoms with E-state index in [1.54, 1.807) is 6.07 Å². The lowest BCUT2D eigenvalue weighted by molar-refractivity contribution is -0.384. The fourth-order valence-electron chi connectivity index (χ4n) is 1.27. The Balaban J connectivity index is 3.07. The average Bonchev–Trinajstić information content (AvgIpc) is 2.16. The van der Waals surface area contributed by atoms with Crippen LogP contribution in [-0.4, -0.2) is 24.9 Å². The Bertz CT molecular complexity index is 401. The number of hydrogen-bond donors (Lipinski definition) is 0.